The van der Waals surface area contributed by atoms with E-state index >= 15 is 0 Å². The summed E-state index contributed by atoms with van der Waals surface area (Å²) in [6, 6.07) is 5.80. The van der Waals surface area contributed by atoms with Gasteiger partial charge in [-0.1, -0.05) is 12.1 Å². The summed E-state index contributed by atoms with van der Waals surface area (Å²) in [4.78, 5) is 33.1. The fourth-order valence-corrected chi connectivity index (χ4v) is 1.37. The summed E-state index contributed by atoms with van der Waals surface area (Å²) in [7, 11) is 0. The highest BCUT2D eigenvalue weighted by atomic mass is 16.5. The molecule has 0 bridgehead atoms. The molecule has 6 heteroatoms. The van der Waals surface area contributed by atoms with Crippen LogP contribution in [0.15, 0.2) is 24.3 Å². The van der Waals surface area contributed by atoms with E-state index in [-0.39, 0.29) is 24.3 Å². The number of esters is 2. The van der Waals surface area contributed by atoms with E-state index in [9.17, 15) is 14.4 Å². The van der Waals surface area contributed by atoms with Crippen LogP contribution in [0.3, 0.4) is 0 Å². The molecule has 0 radical (unpaired) electrons. The zero-order valence-electron chi connectivity index (χ0n) is 10.4. The SMILES string of the molecule is CC(=O)OCCCOC(=O)c1ccccc1C(=O)O. The van der Waals surface area contributed by atoms with E-state index in [1.54, 1.807) is 6.07 Å². The number of carbonyl (C=O) groups excluding carboxylic acids is 2. The molecule has 0 amide bonds. The van der Waals surface area contributed by atoms with Crippen molar-refractivity contribution in [3.05, 3.63) is 35.4 Å². The summed E-state index contributed by atoms with van der Waals surface area (Å²) in [5.41, 5.74) is -0.102. The number of benzene rings is 1. The molecule has 19 heavy (non-hydrogen) atoms. The van der Waals surface area contributed by atoms with Crippen LogP contribution in [-0.4, -0.2) is 36.2 Å². The highest BCUT2D eigenvalue weighted by molar-refractivity contribution is 6.02. The third-order valence-electron chi connectivity index (χ3n) is 2.20. The van der Waals surface area contributed by atoms with Crippen molar-refractivity contribution < 1.29 is 29.0 Å². The molecule has 0 unspecified atom stereocenters. The minimum Gasteiger partial charge on any atom is -0.478 e. The van der Waals surface area contributed by atoms with E-state index < -0.39 is 17.9 Å². The van der Waals surface area contributed by atoms with E-state index in [0.29, 0.717) is 6.42 Å². The van der Waals surface area contributed by atoms with Crippen LogP contribution >= 0.6 is 0 Å². The van der Waals surface area contributed by atoms with Gasteiger partial charge in [0.15, 0.2) is 0 Å². The molecule has 6 nitrogen and oxygen atoms in total. The van der Waals surface area contributed by atoms with Crippen molar-refractivity contribution in [2.75, 3.05) is 13.2 Å². The van der Waals surface area contributed by atoms with Crippen LogP contribution in [0.2, 0.25) is 0 Å². The Morgan fingerprint density at radius 2 is 1.63 bits per heavy atom. The van der Waals surface area contributed by atoms with Crippen molar-refractivity contribution in [3.8, 4) is 0 Å². The van der Waals surface area contributed by atoms with E-state index in [1.807, 2.05) is 0 Å². The van der Waals surface area contributed by atoms with Gasteiger partial charge in [0, 0.05) is 13.3 Å². The molecule has 0 aliphatic heterocycles. The number of carboxylic acid groups (broad SMARTS) is 1. The number of ether oxygens (including phenoxy) is 2. The normalized spacial score (nSPS) is 9.74. The summed E-state index contributed by atoms with van der Waals surface area (Å²) >= 11 is 0. The lowest BCUT2D eigenvalue weighted by molar-refractivity contribution is -0.141. The van der Waals surface area contributed by atoms with Crippen LogP contribution < -0.4 is 0 Å². The Kier molecular flexibility index (Phi) is 5.53. The molecule has 0 aliphatic rings. The Bertz CT molecular complexity index is 480. The molecule has 0 saturated heterocycles. The number of carbonyl (C=O) groups is 3. The first-order chi connectivity index (χ1) is 9.02. The summed E-state index contributed by atoms with van der Waals surface area (Å²) in [6.45, 7) is 1.50. The average Bonchev–Trinajstić information content (AvgIpc) is 2.37. The first-order valence-corrected chi connectivity index (χ1v) is 5.65. The van der Waals surface area contributed by atoms with Gasteiger partial charge in [-0.15, -0.1) is 0 Å². The van der Waals surface area contributed by atoms with Gasteiger partial charge in [0.1, 0.15) is 0 Å². The van der Waals surface area contributed by atoms with Gasteiger partial charge in [-0.2, -0.15) is 0 Å². The predicted octanol–water partition coefficient (Wildman–Crippen LogP) is 1.49. The van der Waals surface area contributed by atoms with Crippen LogP contribution in [0.5, 0.6) is 0 Å². The van der Waals surface area contributed by atoms with Crippen LogP contribution in [-0.2, 0) is 14.3 Å². The van der Waals surface area contributed by atoms with Gasteiger partial charge in [0.2, 0.25) is 0 Å². The Hall–Kier alpha value is -2.37. The molecule has 0 aromatic heterocycles. The number of carboxylic acids is 1. The van der Waals surface area contributed by atoms with Crippen LogP contribution in [0.4, 0.5) is 0 Å². The third-order valence-corrected chi connectivity index (χ3v) is 2.20. The van der Waals surface area contributed by atoms with Crippen LogP contribution in [0.1, 0.15) is 34.1 Å². The van der Waals surface area contributed by atoms with Gasteiger partial charge in [0.25, 0.3) is 0 Å². The summed E-state index contributed by atoms with van der Waals surface area (Å²) in [5.74, 6) is -2.30. The molecule has 0 aliphatic carbocycles. The standard InChI is InChI=1S/C13H14O6/c1-9(14)18-7-4-8-19-13(17)11-6-3-2-5-10(11)12(15)16/h2-3,5-6H,4,7-8H2,1H3,(H,15,16). The number of hydrogen-bond donors (Lipinski definition) is 1. The quantitative estimate of drug-likeness (QED) is 0.619. The number of aromatic carboxylic acids is 1. The van der Waals surface area contributed by atoms with Gasteiger partial charge in [-0.3, -0.25) is 4.79 Å². The smallest absolute Gasteiger partial charge is 0.339 e. The molecule has 0 atom stereocenters. The van der Waals surface area contributed by atoms with Crippen LogP contribution in [0.25, 0.3) is 0 Å². The van der Waals surface area contributed by atoms with Crippen molar-refractivity contribution in [1.82, 2.24) is 0 Å². The Labute approximate surface area is 109 Å². The largest absolute Gasteiger partial charge is 0.478 e. The fraction of sp³-hybridized carbons (Fsp3) is 0.308. The maximum absolute atomic E-state index is 11.7. The highest BCUT2D eigenvalue weighted by Crippen LogP contribution is 2.10. The second-order valence-electron chi connectivity index (χ2n) is 3.68. The maximum atomic E-state index is 11.7. The Balaban J connectivity index is 2.50. The minimum atomic E-state index is -1.19. The zero-order chi connectivity index (χ0) is 14.3. The molecule has 102 valence electrons. The highest BCUT2D eigenvalue weighted by Gasteiger charge is 2.16. The second-order valence-corrected chi connectivity index (χ2v) is 3.68. The first kappa shape index (κ1) is 14.7. The first-order valence-electron chi connectivity index (χ1n) is 5.65. The Morgan fingerprint density at radius 3 is 2.21 bits per heavy atom. The van der Waals surface area contributed by atoms with E-state index in [0.717, 1.165) is 0 Å². The minimum absolute atomic E-state index is 0.00230. The molecule has 1 aromatic carbocycles. The van der Waals surface area contributed by atoms with Gasteiger partial charge < -0.3 is 14.6 Å². The monoisotopic (exact) mass is 266 g/mol. The second kappa shape index (κ2) is 7.15. The molecule has 0 saturated carbocycles. The molecule has 0 heterocycles. The van der Waals surface area contributed by atoms with Crippen molar-refractivity contribution in [2.24, 2.45) is 0 Å². The van der Waals surface area contributed by atoms with Gasteiger partial charge in [-0.25, -0.2) is 9.59 Å². The van der Waals surface area contributed by atoms with Crippen molar-refractivity contribution in [3.63, 3.8) is 0 Å². The van der Waals surface area contributed by atoms with Crippen molar-refractivity contribution in [2.45, 2.75) is 13.3 Å². The Morgan fingerprint density at radius 1 is 1.05 bits per heavy atom. The van der Waals surface area contributed by atoms with E-state index in [2.05, 4.69) is 4.74 Å². The summed E-state index contributed by atoms with van der Waals surface area (Å²) in [6.07, 6.45) is 0.362. The molecule has 0 fully saturated rings. The van der Waals surface area contributed by atoms with E-state index in [4.69, 9.17) is 9.84 Å². The molecule has 1 rings (SSSR count). The maximum Gasteiger partial charge on any atom is 0.339 e. The van der Waals surface area contributed by atoms with Crippen LogP contribution in [0, 0.1) is 0 Å². The molecular formula is C13H14O6. The van der Waals surface area contributed by atoms with Crippen molar-refractivity contribution >= 4 is 17.9 Å². The lowest BCUT2D eigenvalue weighted by atomic mass is 10.1. The van der Waals surface area contributed by atoms with E-state index in [1.165, 1.54) is 25.1 Å². The molecule has 1 aromatic rings. The van der Waals surface area contributed by atoms with Crippen molar-refractivity contribution in [1.29, 1.82) is 0 Å². The lowest BCUT2D eigenvalue weighted by Gasteiger charge is -2.07. The van der Waals surface area contributed by atoms with Gasteiger partial charge in [-0.05, 0) is 12.1 Å². The summed E-state index contributed by atoms with van der Waals surface area (Å²) < 4.78 is 9.57. The zero-order valence-corrected chi connectivity index (χ0v) is 10.4. The fourth-order valence-electron chi connectivity index (χ4n) is 1.37. The lowest BCUT2D eigenvalue weighted by Crippen LogP contribution is -2.13. The molecule has 0 spiro atoms. The third kappa shape index (κ3) is 4.79. The summed E-state index contributed by atoms with van der Waals surface area (Å²) in [5, 5.41) is 8.92. The molecule has 1 N–H and O–H groups in total. The number of hydrogen-bond acceptors (Lipinski definition) is 5. The predicted molar refractivity (Wildman–Crippen MR) is 64.9 cm³/mol. The molecular weight excluding hydrogens is 252 g/mol. The van der Waals surface area contributed by atoms with Gasteiger partial charge >= 0.3 is 17.9 Å². The van der Waals surface area contributed by atoms with Gasteiger partial charge in [0.05, 0.1) is 24.3 Å². The number of rotatable bonds is 6. The average molecular weight is 266 g/mol. The topological polar surface area (TPSA) is 89.9 Å².